The van der Waals surface area contributed by atoms with Crippen molar-refractivity contribution in [3.63, 3.8) is 0 Å². The Balaban J connectivity index is 0.000000418. The first-order valence-corrected chi connectivity index (χ1v) is 13.6. The Morgan fingerprint density at radius 2 is 1.69 bits per heavy atom. The monoisotopic (exact) mass is 572 g/mol. The van der Waals surface area contributed by atoms with Crippen LogP contribution in [-0.2, 0) is 16.0 Å². The Labute approximate surface area is 231 Å². The summed E-state index contributed by atoms with van der Waals surface area (Å²) in [5.74, 6) is -0.428. The van der Waals surface area contributed by atoms with Crippen LogP contribution in [0.25, 0.3) is 0 Å². The molecule has 39 heavy (non-hydrogen) atoms. The number of carboxylic acid groups (broad SMARTS) is 1. The second-order valence-corrected chi connectivity index (χ2v) is 9.95. The number of thioether (sulfide) groups is 1. The number of nitrogens with zero attached hydrogens (tertiary/aromatic N) is 1. The standard InChI is InChI=1S/C17H13F4NOS.C7H13NO.C3H8.CH2O2/c18-13-5-8-15-12(10-13)2-1-9-22(15)16(23)11-3-6-14(7-4-11)24-17(19,20)21;1-2-3-7(9)8-6-4-5-6;1-3-2;2-1-3/h3-8,10H,1-2,9H2;6H,2-5H2,1H3,(H,8,9);3H2,1-2H3;1H,(H,2,3). The van der Waals surface area contributed by atoms with Crippen LogP contribution in [0.3, 0.4) is 0 Å². The quantitative estimate of drug-likeness (QED) is 0.225. The third-order valence-corrected chi connectivity index (χ3v) is 5.90. The van der Waals surface area contributed by atoms with E-state index >= 15 is 0 Å². The van der Waals surface area contributed by atoms with Gasteiger partial charge in [0.15, 0.2) is 0 Å². The Hall–Kier alpha value is -3.08. The Morgan fingerprint density at radius 1 is 1.10 bits per heavy atom. The fourth-order valence-electron chi connectivity index (χ4n) is 3.49. The molecule has 0 unspecified atom stereocenters. The molecule has 2 aromatic carbocycles. The summed E-state index contributed by atoms with van der Waals surface area (Å²) < 4.78 is 50.4. The first kappa shape index (κ1) is 33.9. The summed E-state index contributed by atoms with van der Waals surface area (Å²) in [6.07, 6.45) is 6.68. The van der Waals surface area contributed by atoms with Crippen molar-refractivity contribution in [2.24, 2.45) is 0 Å². The van der Waals surface area contributed by atoms with E-state index in [-0.39, 0.29) is 40.8 Å². The Morgan fingerprint density at radius 3 is 2.21 bits per heavy atom. The molecule has 1 fully saturated rings. The number of hydrogen-bond acceptors (Lipinski definition) is 4. The lowest BCUT2D eigenvalue weighted by Gasteiger charge is -2.29. The van der Waals surface area contributed by atoms with Crippen molar-refractivity contribution in [1.29, 1.82) is 0 Å². The topological polar surface area (TPSA) is 86.7 Å². The predicted molar refractivity (Wildman–Crippen MR) is 145 cm³/mol. The van der Waals surface area contributed by atoms with E-state index in [0.717, 1.165) is 12.0 Å². The van der Waals surface area contributed by atoms with Crippen molar-refractivity contribution in [1.82, 2.24) is 5.32 Å². The second kappa shape index (κ2) is 17.5. The number of amides is 2. The van der Waals surface area contributed by atoms with Gasteiger partial charge in [-0.25, -0.2) is 4.39 Å². The largest absolute Gasteiger partial charge is 0.483 e. The minimum atomic E-state index is -4.36. The molecule has 0 spiro atoms. The first-order valence-electron chi connectivity index (χ1n) is 12.8. The van der Waals surface area contributed by atoms with Crippen LogP contribution in [0.4, 0.5) is 23.2 Å². The highest BCUT2D eigenvalue weighted by atomic mass is 32.2. The number of benzene rings is 2. The number of carbonyl (C=O) groups excluding carboxylic acids is 2. The van der Waals surface area contributed by atoms with Crippen LogP contribution in [0.1, 0.15) is 75.2 Å². The van der Waals surface area contributed by atoms with Crippen LogP contribution in [-0.4, -0.2) is 41.5 Å². The summed E-state index contributed by atoms with van der Waals surface area (Å²) in [5.41, 5.74) is -2.64. The van der Waals surface area contributed by atoms with Crippen molar-refractivity contribution >= 4 is 35.7 Å². The summed E-state index contributed by atoms with van der Waals surface area (Å²) >= 11 is -0.220. The van der Waals surface area contributed by atoms with Gasteiger partial charge in [0.05, 0.1) is 0 Å². The summed E-state index contributed by atoms with van der Waals surface area (Å²) in [5, 5.41) is 9.80. The molecule has 0 radical (unpaired) electrons. The molecular weight excluding hydrogens is 536 g/mol. The summed E-state index contributed by atoms with van der Waals surface area (Å²) in [4.78, 5) is 33.4. The maximum atomic E-state index is 13.3. The van der Waals surface area contributed by atoms with Crippen molar-refractivity contribution in [3.8, 4) is 0 Å². The number of carbonyl (C=O) groups is 3. The zero-order valence-corrected chi connectivity index (χ0v) is 23.2. The lowest BCUT2D eigenvalue weighted by atomic mass is 10.0. The van der Waals surface area contributed by atoms with Gasteiger partial charge in [-0.3, -0.25) is 14.4 Å². The zero-order valence-electron chi connectivity index (χ0n) is 22.4. The van der Waals surface area contributed by atoms with E-state index < -0.39 is 5.51 Å². The summed E-state index contributed by atoms with van der Waals surface area (Å²) in [7, 11) is 0. The highest BCUT2D eigenvalue weighted by Gasteiger charge is 2.29. The molecule has 0 aromatic heterocycles. The minimum absolute atomic E-state index is 0.0279. The van der Waals surface area contributed by atoms with Crippen LogP contribution >= 0.6 is 11.8 Å². The molecule has 2 amide bonds. The Kier molecular flexibility index (Phi) is 15.2. The van der Waals surface area contributed by atoms with Gasteiger partial charge in [-0.15, -0.1) is 0 Å². The first-order chi connectivity index (χ1) is 18.5. The lowest BCUT2D eigenvalue weighted by Crippen LogP contribution is -2.35. The molecule has 1 aliphatic heterocycles. The maximum absolute atomic E-state index is 13.3. The van der Waals surface area contributed by atoms with E-state index in [2.05, 4.69) is 19.2 Å². The normalized spacial score (nSPS) is 13.7. The summed E-state index contributed by atoms with van der Waals surface area (Å²) in [6, 6.07) is 10.1. The van der Waals surface area contributed by atoms with Gasteiger partial charge in [-0.2, -0.15) is 13.2 Å². The number of halogens is 4. The number of anilines is 1. The second-order valence-electron chi connectivity index (χ2n) is 8.81. The van der Waals surface area contributed by atoms with Gasteiger partial charge in [0, 0.05) is 35.2 Å². The van der Waals surface area contributed by atoms with Gasteiger partial charge in [0.2, 0.25) is 5.91 Å². The molecule has 1 saturated carbocycles. The molecule has 11 heteroatoms. The van der Waals surface area contributed by atoms with Crippen LogP contribution < -0.4 is 10.2 Å². The minimum Gasteiger partial charge on any atom is -0.483 e. The van der Waals surface area contributed by atoms with Crippen molar-refractivity contribution in [2.45, 2.75) is 82.2 Å². The van der Waals surface area contributed by atoms with Gasteiger partial charge in [0.25, 0.3) is 12.4 Å². The van der Waals surface area contributed by atoms with E-state index in [1.54, 1.807) is 11.0 Å². The zero-order chi connectivity index (χ0) is 29.4. The highest BCUT2D eigenvalue weighted by molar-refractivity contribution is 8.00. The molecule has 2 aromatic rings. The number of alkyl halides is 3. The molecular formula is C28H36F4N2O4S. The van der Waals surface area contributed by atoms with Gasteiger partial charge in [0.1, 0.15) is 5.82 Å². The number of hydrogen-bond donors (Lipinski definition) is 2. The smallest absolute Gasteiger partial charge is 0.446 e. The molecule has 2 aliphatic rings. The third-order valence-electron chi connectivity index (χ3n) is 5.16. The molecule has 0 bridgehead atoms. The number of fused-ring (bicyclic) bond motifs is 1. The van der Waals surface area contributed by atoms with E-state index in [4.69, 9.17) is 9.90 Å². The maximum Gasteiger partial charge on any atom is 0.446 e. The van der Waals surface area contributed by atoms with Crippen molar-refractivity contribution < 1.29 is 37.1 Å². The van der Waals surface area contributed by atoms with Gasteiger partial charge >= 0.3 is 5.51 Å². The molecule has 1 aliphatic carbocycles. The fourth-order valence-corrected chi connectivity index (χ4v) is 4.03. The van der Waals surface area contributed by atoms with Crippen LogP contribution in [0, 0.1) is 5.82 Å². The number of aryl methyl sites for hydroxylation is 1. The average Bonchev–Trinajstić information content (AvgIpc) is 3.68. The van der Waals surface area contributed by atoms with Crippen molar-refractivity contribution in [3.05, 3.63) is 59.4 Å². The molecule has 0 saturated heterocycles. The molecule has 0 atom stereocenters. The van der Waals surface area contributed by atoms with Crippen molar-refractivity contribution in [2.75, 3.05) is 11.4 Å². The predicted octanol–water partition coefficient (Wildman–Crippen LogP) is 7.21. The molecule has 1 heterocycles. The van der Waals surface area contributed by atoms with E-state index in [1.165, 1.54) is 55.7 Å². The van der Waals surface area contributed by atoms with Crippen LogP contribution in [0.2, 0.25) is 0 Å². The Bertz CT molecular complexity index is 1040. The third kappa shape index (κ3) is 13.5. The van der Waals surface area contributed by atoms with Crippen LogP contribution in [0.15, 0.2) is 47.4 Å². The summed E-state index contributed by atoms with van der Waals surface area (Å²) in [6.45, 7) is 6.52. The molecule has 4 rings (SSSR count). The number of rotatable bonds is 5. The van der Waals surface area contributed by atoms with Gasteiger partial charge in [-0.05, 0) is 91.9 Å². The average molecular weight is 573 g/mol. The highest BCUT2D eigenvalue weighted by Crippen LogP contribution is 2.37. The van der Waals surface area contributed by atoms with Gasteiger partial charge < -0.3 is 15.3 Å². The fraction of sp³-hybridized carbons (Fsp3) is 0.464. The van der Waals surface area contributed by atoms with E-state index in [0.29, 0.717) is 43.1 Å². The molecule has 216 valence electrons. The number of nitrogens with one attached hydrogen (secondary N) is 1. The molecule has 2 N–H and O–H groups in total. The van der Waals surface area contributed by atoms with Gasteiger partial charge in [-0.1, -0.05) is 27.2 Å². The SMILES string of the molecule is CCC.CCCC(=O)NC1CC1.O=C(c1ccc(SC(F)(F)F)cc1)N1CCCc2cc(F)ccc21.O=CO. The van der Waals surface area contributed by atoms with E-state index in [1.807, 2.05) is 6.92 Å². The van der Waals surface area contributed by atoms with Crippen LogP contribution in [0.5, 0.6) is 0 Å². The van der Waals surface area contributed by atoms with E-state index in [9.17, 15) is 27.2 Å². The lowest BCUT2D eigenvalue weighted by molar-refractivity contribution is -0.123. The molecule has 6 nitrogen and oxygen atoms in total.